The molecule has 5 heteroatoms. The highest BCUT2D eigenvalue weighted by Crippen LogP contribution is 2.25. The molecule has 0 spiro atoms. The third-order valence-electron chi connectivity index (χ3n) is 3.53. The molecule has 0 aromatic heterocycles. The number of hydrogen-bond acceptors (Lipinski definition) is 4. The number of methoxy groups -OCH3 is 1. The molecule has 2 rings (SSSR count). The van der Waals surface area contributed by atoms with Crippen LogP contribution in [-0.2, 0) is 4.74 Å². The lowest BCUT2D eigenvalue weighted by atomic mass is 10.2. The van der Waals surface area contributed by atoms with Gasteiger partial charge in [-0.25, -0.2) is 4.39 Å². The Kier molecular flexibility index (Phi) is 4.99. The first-order valence-corrected chi connectivity index (χ1v) is 6.72. The Morgan fingerprint density at radius 2 is 2.00 bits per heavy atom. The first-order valence-electron chi connectivity index (χ1n) is 6.72. The van der Waals surface area contributed by atoms with Crippen molar-refractivity contribution in [2.75, 3.05) is 57.1 Å². The van der Waals surface area contributed by atoms with E-state index < -0.39 is 0 Å². The molecule has 1 aromatic rings. The molecule has 1 saturated heterocycles. The van der Waals surface area contributed by atoms with Crippen molar-refractivity contribution < 1.29 is 9.13 Å². The van der Waals surface area contributed by atoms with Crippen molar-refractivity contribution in [3.05, 3.63) is 24.0 Å². The maximum absolute atomic E-state index is 13.3. The van der Waals surface area contributed by atoms with Crippen molar-refractivity contribution in [2.45, 2.75) is 6.42 Å². The number of piperazine rings is 1. The van der Waals surface area contributed by atoms with E-state index in [0.29, 0.717) is 5.69 Å². The van der Waals surface area contributed by atoms with Gasteiger partial charge in [0.25, 0.3) is 0 Å². The Morgan fingerprint density at radius 1 is 1.26 bits per heavy atom. The molecule has 106 valence electrons. The molecular weight excluding hydrogens is 245 g/mol. The van der Waals surface area contributed by atoms with E-state index in [0.717, 1.165) is 51.4 Å². The Bertz CT molecular complexity index is 406. The predicted molar refractivity (Wildman–Crippen MR) is 76.0 cm³/mol. The molecule has 0 amide bonds. The van der Waals surface area contributed by atoms with Crippen LogP contribution in [-0.4, -0.2) is 51.3 Å². The Morgan fingerprint density at radius 3 is 2.68 bits per heavy atom. The molecule has 0 saturated carbocycles. The van der Waals surface area contributed by atoms with Gasteiger partial charge >= 0.3 is 0 Å². The second-order valence-corrected chi connectivity index (χ2v) is 4.88. The van der Waals surface area contributed by atoms with Gasteiger partial charge in [-0.2, -0.15) is 0 Å². The van der Waals surface area contributed by atoms with Crippen LogP contribution in [0.15, 0.2) is 18.2 Å². The number of ether oxygens (including phenoxy) is 1. The first-order chi connectivity index (χ1) is 9.20. The summed E-state index contributed by atoms with van der Waals surface area (Å²) >= 11 is 0. The molecule has 1 aliphatic heterocycles. The molecule has 2 N–H and O–H groups in total. The van der Waals surface area contributed by atoms with E-state index in [1.54, 1.807) is 13.2 Å². The summed E-state index contributed by atoms with van der Waals surface area (Å²) in [5.41, 5.74) is 7.38. The number of halogens is 1. The van der Waals surface area contributed by atoms with Gasteiger partial charge in [-0.15, -0.1) is 0 Å². The number of benzene rings is 1. The van der Waals surface area contributed by atoms with Crippen LogP contribution in [0.2, 0.25) is 0 Å². The maximum atomic E-state index is 13.3. The predicted octanol–water partition coefficient (Wildman–Crippen LogP) is 1.57. The van der Waals surface area contributed by atoms with E-state index in [1.807, 2.05) is 0 Å². The molecule has 1 heterocycles. The van der Waals surface area contributed by atoms with Crippen LogP contribution >= 0.6 is 0 Å². The molecule has 0 atom stereocenters. The van der Waals surface area contributed by atoms with Gasteiger partial charge in [0.1, 0.15) is 5.82 Å². The summed E-state index contributed by atoms with van der Waals surface area (Å²) in [6.07, 6.45) is 1.05. The standard InChI is InChI=1S/C14H22FN3O/c1-19-10-2-5-17-6-8-18(9-7-17)14-11-12(15)3-4-13(14)16/h3-4,11H,2,5-10,16H2,1H3. The molecule has 4 nitrogen and oxygen atoms in total. The van der Waals surface area contributed by atoms with Gasteiger partial charge < -0.3 is 15.4 Å². The fraction of sp³-hybridized carbons (Fsp3) is 0.571. The minimum Gasteiger partial charge on any atom is -0.397 e. The van der Waals surface area contributed by atoms with E-state index in [1.165, 1.54) is 12.1 Å². The number of nitrogens with zero attached hydrogens (tertiary/aromatic N) is 2. The molecule has 19 heavy (non-hydrogen) atoms. The van der Waals surface area contributed by atoms with E-state index in [4.69, 9.17) is 10.5 Å². The monoisotopic (exact) mass is 267 g/mol. The minimum atomic E-state index is -0.230. The molecule has 0 bridgehead atoms. The van der Waals surface area contributed by atoms with E-state index in [-0.39, 0.29) is 5.82 Å². The lowest BCUT2D eigenvalue weighted by Crippen LogP contribution is -2.47. The first kappa shape index (κ1) is 14.1. The third-order valence-corrected chi connectivity index (χ3v) is 3.53. The van der Waals surface area contributed by atoms with Crippen LogP contribution in [0.4, 0.5) is 15.8 Å². The molecule has 0 aliphatic carbocycles. The van der Waals surface area contributed by atoms with Crippen LogP contribution in [0.25, 0.3) is 0 Å². The zero-order valence-electron chi connectivity index (χ0n) is 11.4. The largest absolute Gasteiger partial charge is 0.397 e. The summed E-state index contributed by atoms with van der Waals surface area (Å²) in [4.78, 5) is 4.57. The van der Waals surface area contributed by atoms with Crippen molar-refractivity contribution in [1.29, 1.82) is 0 Å². The van der Waals surface area contributed by atoms with Crippen LogP contribution < -0.4 is 10.6 Å². The molecule has 0 radical (unpaired) electrons. The van der Waals surface area contributed by atoms with Gasteiger partial charge in [-0.1, -0.05) is 0 Å². The fourth-order valence-electron chi connectivity index (χ4n) is 2.44. The SMILES string of the molecule is COCCCN1CCN(c2cc(F)ccc2N)CC1. The van der Waals surface area contributed by atoms with Gasteiger partial charge in [0, 0.05) is 46.4 Å². The summed E-state index contributed by atoms with van der Waals surface area (Å²) in [7, 11) is 1.73. The van der Waals surface area contributed by atoms with Gasteiger partial charge in [0.15, 0.2) is 0 Å². The number of anilines is 2. The summed E-state index contributed by atoms with van der Waals surface area (Å²) in [6.45, 7) is 5.61. The number of hydrogen-bond donors (Lipinski definition) is 1. The normalized spacial score (nSPS) is 16.8. The van der Waals surface area contributed by atoms with Gasteiger partial charge in [-0.05, 0) is 24.6 Å². The third kappa shape index (κ3) is 3.81. The number of nitrogen functional groups attached to an aromatic ring is 1. The maximum Gasteiger partial charge on any atom is 0.125 e. The summed E-state index contributed by atoms with van der Waals surface area (Å²) in [6, 6.07) is 4.56. The van der Waals surface area contributed by atoms with Crippen molar-refractivity contribution >= 4 is 11.4 Å². The smallest absolute Gasteiger partial charge is 0.125 e. The zero-order valence-corrected chi connectivity index (χ0v) is 11.4. The summed E-state index contributed by atoms with van der Waals surface area (Å²) in [5.74, 6) is -0.230. The quantitative estimate of drug-likeness (QED) is 0.649. The number of nitrogens with two attached hydrogens (primary N) is 1. The lowest BCUT2D eigenvalue weighted by molar-refractivity contribution is 0.169. The second-order valence-electron chi connectivity index (χ2n) is 4.88. The van der Waals surface area contributed by atoms with Crippen molar-refractivity contribution in [1.82, 2.24) is 4.90 Å². The fourth-order valence-corrected chi connectivity index (χ4v) is 2.44. The average Bonchev–Trinajstić information content (AvgIpc) is 2.43. The van der Waals surface area contributed by atoms with Crippen molar-refractivity contribution in [2.24, 2.45) is 0 Å². The average molecular weight is 267 g/mol. The van der Waals surface area contributed by atoms with E-state index in [9.17, 15) is 4.39 Å². The summed E-state index contributed by atoms with van der Waals surface area (Å²) in [5, 5.41) is 0. The van der Waals surface area contributed by atoms with Crippen LogP contribution in [0, 0.1) is 5.82 Å². The Labute approximate surface area is 113 Å². The number of rotatable bonds is 5. The molecule has 1 aromatic carbocycles. The van der Waals surface area contributed by atoms with E-state index in [2.05, 4.69) is 9.80 Å². The highest BCUT2D eigenvalue weighted by molar-refractivity contribution is 5.67. The highest BCUT2D eigenvalue weighted by Gasteiger charge is 2.18. The van der Waals surface area contributed by atoms with Crippen LogP contribution in [0.3, 0.4) is 0 Å². The van der Waals surface area contributed by atoms with Crippen LogP contribution in [0.1, 0.15) is 6.42 Å². The summed E-state index contributed by atoms with van der Waals surface area (Å²) < 4.78 is 18.3. The van der Waals surface area contributed by atoms with Gasteiger partial charge in [-0.3, -0.25) is 4.90 Å². The second kappa shape index (κ2) is 6.73. The Hall–Kier alpha value is -1.33. The minimum absolute atomic E-state index is 0.230. The highest BCUT2D eigenvalue weighted by atomic mass is 19.1. The van der Waals surface area contributed by atoms with Crippen molar-refractivity contribution in [3.8, 4) is 0 Å². The molecular formula is C14H22FN3O. The van der Waals surface area contributed by atoms with E-state index >= 15 is 0 Å². The molecule has 1 fully saturated rings. The Balaban J connectivity index is 1.87. The molecule has 1 aliphatic rings. The zero-order chi connectivity index (χ0) is 13.7. The van der Waals surface area contributed by atoms with Crippen LogP contribution in [0.5, 0.6) is 0 Å². The topological polar surface area (TPSA) is 41.7 Å². The molecule has 0 unspecified atom stereocenters. The van der Waals surface area contributed by atoms with Gasteiger partial charge in [0.05, 0.1) is 11.4 Å². The van der Waals surface area contributed by atoms with Gasteiger partial charge in [0.2, 0.25) is 0 Å². The lowest BCUT2D eigenvalue weighted by Gasteiger charge is -2.36. The van der Waals surface area contributed by atoms with Crippen molar-refractivity contribution in [3.63, 3.8) is 0 Å².